The van der Waals surface area contributed by atoms with E-state index in [-0.39, 0.29) is 0 Å². The van der Waals surface area contributed by atoms with Gasteiger partial charge in [-0.1, -0.05) is 39.0 Å². The van der Waals surface area contributed by atoms with Crippen molar-refractivity contribution < 1.29 is 9.47 Å². The summed E-state index contributed by atoms with van der Waals surface area (Å²) in [6, 6.07) is 10.7. The van der Waals surface area contributed by atoms with Crippen LogP contribution in [0.15, 0.2) is 42.9 Å². The Morgan fingerprint density at radius 3 is 2.13 bits per heavy atom. The maximum absolute atomic E-state index is 5.41. The molecule has 0 aliphatic carbocycles. The van der Waals surface area contributed by atoms with Gasteiger partial charge in [-0.3, -0.25) is 0 Å². The van der Waals surface area contributed by atoms with Crippen LogP contribution in [0.25, 0.3) is 11.3 Å². The molecule has 0 unspecified atom stereocenters. The summed E-state index contributed by atoms with van der Waals surface area (Å²) < 4.78 is 10.8. The van der Waals surface area contributed by atoms with Crippen molar-refractivity contribution in [3.05, 3.63) is 65.2 Å². The molecule has 1 aliphatic rings. The molecule has 0 radical (unpaired) electrons. The highest BCUT2D eigenvalue weighted by atomic mass is 16.7. The number of nitrogens with zero attached hydrogens (tertiary/aromatic N) is 1. The second kappa shape index (κ2) is 6.86. The molecule has 0 amide bonds. The molecule has 2 aromatic rings. The van der Waals surface area contributed by atoms with Gasteiger partial charge >= 0.3 is 0 Å². The second-order valence-corrected chi connectivity index (χ2v) is 5.67. The Balaban J connectivity index is 2.08. The molecular formula is C20H23NO2. The molecule has 2 heterocycles. The smallest absolute Gasteiger partial charge is 0.283 e. The van der Waals surface area contributed by atoms with E-state index in [0.29, 0.717) is 0 Å². The first kappa shape index (κ1) is 15.6. The highest BCUT2D eigenvalue weighted by Gasteiger charge is 2.19. The van der Waals surface area contributed by atoms with Crippen molar-refractivity contribution in [3.63, 3.8) is 0 Å². The molecule has 3 nitrogen and oxygen atoms in total. The molecule has 120 valence electrons. The highest BCUT2D eigenvalue weighted by molar-refractivity contribution is 5.69. The number of aromatic nitrogens is 1. The number of ether oxygens (including phenoxy) is 2. The standard InChI is InChI=1S/C20H23NO2/c1-4-14-12-15(5-2)19(16(6-3)13-14)17-8-7-9-18(21-17)20-22-10-11-23-20/h7-13,20H,4-6H2,1-3H3. The summed E-state index contributed by atoms with van der Waals surface area (Å²) in [7, 11) is 0. The first-order valence-electron chi connectivity index (χ1n) is 8.34. The second-order valence-electron chi connectivity index (χ2n) is 5.67. The first-order valence-corrected chi connectivity index (χ1v) is 8.34. The van der Waals surface area contributed by atoms with Crippen molar-refractivity contribution in [2.45, 2.75) is 46.3 Å². The van der Waals surface area contributed by atoms with E-state index in [4.69, 9.17) is 14.5 Å². The van der Waals surface area contributed by atoms with E-state index in [1.807, 2.05) is 12.1 Å². The van der Waals surface area contributed by atoms with Crippen molar-refractivity contribution >= 4 is 0 Å². The predicted molar refractivity (Wildman–Crippen MR) is 91.9 cm³/mol. The van der Waals surface area contributed by atoms with Gasteiger partial charge in [-0.2, -0.15) is 0 Å². The normalized spacial score (nSPS) is 13.9. The van der Waals surface area contributed by atoms with Crippen LogP contribution in [0.5, 0.6) is 0 Å². The van der Waals surface area contributed by atoms with Crippen LogP contribution in [0.1, 0.15) is 49.4 Å². The Morgan fingerprint density at radius 1 is 0.913 bits per heavy atom. The van der Waals surface area contributed by atoms with E-state index in [1.165, 1.54) is 22.3 Å². The summed E-state index contributed by atoms with van der Waals surface area (Å²) in [5, 5.41) is 0. The third kappa shape index (κ3) is 3.09. The summed E-state index contributed by atoms with van der Waals surface area (Å²) in [6.45, 7) is 6.61. The molecule has 0 fully saturated rings. The maximum atomic E-state index is 5.41. The molecule has 0 saturated carbocycles. The third-order valence-corrected chi connectivity index (χ3v) is 4.26. The van der Waals surface area contributed by atoms with Crippen LogP contribution in [-0.2, 0) is 28.7 Å². The topological polar surface area (TPSA) is 31.4 Å². The molecule has 1 aromatic carbocycles. The van der Waals surface area contributed by atoms with Crippen LogP contribution in [0.3, 0.4) is 0 Å². The van der Waals surface area contributed by atoms with Crippen molar-refractivity contribution in [2.24, 2.45) is 0 Å². The monoisotopic (exact) mass is 309 g/mol. The van der Waals surface area contributed by atoms with Gasteiger partial charge in [0.05, 0.1) is 5.69 Å². The van der Waals surface area contributed by atoms with Crippen LogP contribution in [0.4, 0.5) is 0 Å². The van der Waals surface area contributed by atoms with Crippen molar-refractivity contribution in [3.8, 4) is 11.3 Å². The van der Waals surface area contributed by atoms with Crippen molar-refractivity contribution in [2.75, 3.05) is 0 Å². The van der Waals surface area contributed by atoms with Crippen LogP contribution >= 0.6 is 0 Å². The predicted octanol–water partition coefficient (Wildman–Crippen LogP) is 4.95. The van der Waals surface area contributed by atoms with E-state index in [1.54, 1.807) is 12.5 Å². The molecule has 0 saturated heterocycles. The number of pyridine rings is 1. The number of rotatable bonds is 5. The maximum Gasteiger partial charge on any atom is 0.283 e. The van der Waals surface area contributed by atoms with Crippen LogP contribution in [0, 0.1) is 0 Å². The van der Waals surface area contributed by atoms with Gasteiger partial charge in [0.2, 0.25) is 0 Å². The summed E-state index contributed by atoms with van der Waals surface area (Å²) in [6.07, 6.45) is 5.75. The minimum Gasteiger partial charge on any atom is -0.454 e. The first-order chi connectivity index (χ1) is 11.3. The molecule has 1 aromatic heterocycles. The molecule has 1 aliphatic heterocycles. The lowest BCUT2D eigenvalue weighted by Crippen LogP contribution is -2.04. The quantitative estimate of drug-likeness (QED) is 0.783. The fourth-order valence-electron chi connectivity index (χ4n) is 3.03. The fraction of sp³-hybridized carbons (Fsp3) is 0.350. The third-order valence-electron chi connectivity index (χ3n) is 4.26. The van der Waals surface area contributed by atoms with Crippen LogP contribution < -0.4 is 0 Å². The summed E-state index contributed by atoms with van der Waals surface area (Å²) in [5.41, 5.74) is 7.17. The van der Waals surface area contributed by atoms with Gasteiger partial charge in [0.25, 0.3) is 6.29 Å². The fourth-order valence-corrected chi connectivity index (χ4v) is 3.03. The Hall–Kier alpha value is -2.29. The van der Waals surface area contributed by atoms with Gasteiger partial charge in [0.15, 0.2) is 0 Å². The lowest BCUT2D eigenvalue weighted by molar-refractivity contribution is -0.0278. The summed E-state index contributed by atoms with van der Waals surface area (Å²) >= 11 is 0. The largest absolute Gasteiger partial charge is 0.454 e. The number of hydrogen-bond acceptors (Lipinski definition) is 3. The minimum atomic E-state index is -0.431. The zero-order valence-electron chi connectivity index (χ0n) is 14.0. The van der Waals surface area contributed by atoms with E-state index in [9.17, 15) is 0 Å². The van der Waals surface area contributed by atoms with E-state index in [2.05, 4.69) is 39.0 Å². The van der Waals surface area contributed by atoms with Crippen molar-refractivity contribution in [1.82, 2.24) is 4.98 Å². The van der Waals surface area contributed by atoms with Gasteiger partial charge in [-0.25, -0.2) is 4.98 Å². The molecule has 0 bridgehead atoms. The van der Waals surface area contributed by atoms with Crippen molar-refractivity contribution in [1.29, 1.82) is 0 Å². The Kier molecular flexibility index (Phi) is 4.65. The van der Waals surface area contributed by atoms with E-state index >= 15 is 0 Å². The van der Waals surface area contributed by atoms with Crippen LogP contribution in [0.2, 0.25) is 0 Å². The van der Waals surface area contributed by atoms with Gasteiger partial charge in [0, 0.05) is 5.56 Å². The lowest BCUT2D eigenvalue weighted by atomic mass is 9.91. The molecule has 23 heavy (non-hydrogen) atoms. The molecule has 3 heteroatoms. The van der Waals surface area contributed by atoms with Gasteiger partial charge in [-0.15, -0.1) is 0 Å². The number of benzene rings is 1. The average molecular weight is 309 g/mol. The van der Waals surface area contributed by atoms with Crippen LogP contribution in [-0.4, -0.2) is 4.98 Å². The number of hydrogen-bond donors (Lipinski definition) is 0. The molecule has 3 rings (SSSR count). The van der Waals surface area contributed by atoms with Gasteiger partial charge in [0.1, 0.15) is 18.2 Å². The summed E-state index contributed by atoms with van der Waals surface area (Å²) in [5.74, 6) is 0. The Labute approximate surface area is 138 Å². The molecule has 0 atom stereocenters. The minimum absolute atomic E-state index is 0.431. The zero-order valence-corrected chi connectivity index (χ0v) is 14.0. The SMILES string of the molecule is CCc1cc(CC)c(-c2cccc(C3OC=CO3)n2)c(CC)c1. The lowest BCUT2D eigenvalue weighted by Gasteiger charge is -2.17. The zero-order chi connectivity index (χ0) is 16.2. The average Bonchev–Trinajstić information content (AvgIpc) is 3.15. The van der Waals surface area contributed by atoms with E-state index in [0.717, 1.165) is 30.7 Å². The molecular weight excluding hydrogens is 286 g/mol. The number of aryl methyl sites for hydroxylation is 3. The highest BCUT2D eigenvalue weighted by Crippen LogP contribution is 2.31. The van der Waals surface area contributed by atoms with Gasteiger partial charge < -0.3 is 9.47 Å². The van der Waals surface area contributed by atoms with E-state index < -0.39 is 6.29 Å². The molecule has 0 spiro atoms. The molecule has 0 N–H and O–H groups in total. The Bertz CT molecular complexity index is 688. The summed E-state index contributed by atoms with van der Waals surface area (Å²) in [4.78, 5) is 4.81. The van der Waals surface area contributed by atoms with Gasteiger partial charge in [-0.05, 0) is 48.1 Å². The Morgan fingerprint density at radius 2 is 1.57 bits per heavy atom.